The van der Waals surface area contributed by atoms with Crippen molar-refractivity contribution in [2.45, 2.75) is 44.8 Å². The molecule has 0 atom stereocenters. The second kappa shape index (κ2) is 13.6. The van der Waals surface area contributed by atoms with Crippen molar-refractivity contribution in [1.29, 1.82) is 0 Å². The van der Waals surface area contributed by atoms with E-state index in [9.17, 15) is 4.79 Å². The molecular formula is C39H36N2O4. The van der Waals surface area contributed by atoms with Gasteiger partial charge >= 0.3 is 5.97 Å². The number of para-hydroxylation sites is 2. The lowest BCUT2D eigenvalue weighted by atomic mass is 9.72. The number of ether oxygens (including phenoxy) is 3. The maximum Gasteiger partial charge on any atom is 0.305 e. The minimum absolute atomic E-state index is 0.200. The van der Waals surface area contributed by atoms with Crippen LogP contribution < -0.4 is 9.47 Å². The topological polar surface area (TPSA) is 70.5 Å². The van der Waals surface area contributed by atoms with Crippen LogP contribution in [0.5, 0.6) is 11.5 Å². The van der Waals surface area contributed by atoms with E-state index in [1.165, 1.54) is 7.11 Å². The lowest BCUT2D eigenvalue weighted by molar-refractivity contribution is -0.140. The van der Waals surface area contributed by atoms with Gasteiger partial charge in [0.05, 0.1) is 29.5 Å². The third-order valence-electron chi connectivity index (χ3n) is 8.35. The quantitative estimate of drug-likeness (QED) is 0.132. The highest BCUT2D eigenvalue weighted by Crippen LogP contribution is 2.38. The highest BCUT2D eigenvalue weighted by molar-refractivity contribution is 5.79. The lowest BCUT2D eigenvalue weighted by Crippen LogP contribution is -2.24. The Morgan fingerprint density at radius 2 is 1.09 bits per heavy atom. The van der Waals surface area contributed by atoms with E-state index in [1.54, 1.807) is 0 Å². The van der Waals surface area contributed by atoms with Crippen molar-refractivity contribution >= 4 is 27.8 Å². The van der Waals surface area contributed by atoms with E-state index in [-0.39, 0.29) is 11.4 Å². The van der Waals surface area contributed by atoms with Crippen molar-refractivity contribution in [3.8, 4) is 11.5 Å². The van der Waals surface area contributed by atoms with Crippen LogP contribution in [0, 0.1) is 0 Å². The Morgan fingerprint density at radius 3 is 1.56 bits per heavy atom. The van der Waals surface area contributed by atoms with Gasteiger partial charge in [-0.1, -0.05) is 79.7 Å². The van der Waals surface area contributed by atoms with Crippen molar-refractivity contribution in [2.24, 2.45) is 0 Å². The number of nitrogens with zero attached hydrogens (tertiary/aromatic N) is 2. The molecule has 4 aromatic carbocycles. The van der Waals surface area contributed by atoms with E-state index in [4.69, 9.17) is 24.2 Å². The van der Waals surface area contributed by atoms with Crippen LogP contribution in [0.15, 0.2) is 121 Å². The molecule has 0 aliphatic rings. The summed E-state index contributed by atoms with van der Waals surface area (Å²) in [6.07, 6.45) is 1.83. The molecule has 0 fully saturated rings. The van der Waals surface area contributed by atoms with Crippen LogP contribution in [-0.4, -0.2) is 23.0 Å². The number of aromatic nitrogens is 2. The number of hydrogen-bond donors (Lipinski definition) is 0. The average Bonchev–Trinajstić information content (AvgIpc) is 3.10. The largest absolute Gasteiger partial charge is 0.487 e. The van der Waals surface area contributed by atoms with Crippen LogP contribution in [0.4, 0.5) is 0 Å². The van der Waals surface area contributed by atoms with Crippen molar-refractivity contribution in [2.75, 3.05) is 7.11 Å². The third-order valence-corrected chi connectivity index (χ3v) is 8.35. The van der Waals surface area contributed by atoms with Crippen LogP contribution in [0.25, 0.3) is 21.8 Å². The van der Waals surface area contributed by atoms with Crippen molar-refractivity contribution in [1.82, 2.24) is 9.97 Å². The average molecular weight is 597 g/mol. The molecule has 2 aromatic heterocycles. The number of pyridine rings is 2. The zero-order valence-corrected chi connectivity index (χ0v) is 25.6. The van der Waals surface area contributed by atoms with Crippen LogP contribution >= 0.6 is 0 Å². The summed E-state index contributed by atoms with van der Waals surface area (Å²) in [6, 6.07) is 40.7. The minimum atomic E-state index is -0.342. The van der Waals surface area contributed by atoms with E-state index in [0.29, 0.717) is 26.1 Å². The number of rotatable bonds is 12. The second-order valence-electron chi connectivity index (χ2n) is 11.4. The van der Waals surface area contributed by atoms with Crippen LogP contribution in [-0.2, 0) is 28.2 Å². The maximum absolute atomic E-state index is 11.9. The monoisotopic (exact) mass is 596 g/mol. The molecule has 0 amide bonds. The molecule has 2 heterocycles. The van der Waals surface area contributed by atoms with Gasteiger partial charge in [0.25, 0.3) is 0 Å². The predicted octanol–water partition coefficient (Wildman–Crippen LogP) is 8.59. The Hall–Kier alpha value is -5.23. The fourth-order valence-electron chi connectivity index (χ4n) is 5.67. The fourth-order valence-corrected chi connectivity index (χ4v) is 5.67. The standard InChI is InChI=1S/C39H36N2O4/c1-39(25-7-12-38(42)43-2,30-15-21-34(22-16-30)44-26-32-19-13-28-8-3-5-10-36(28)40-32)31-17-23-35(24-18-31)45-27-33-20-14-29-9-4-6-11-37(29)41-33/h3-6,8-11,13-24H,7,12,25-27H2,1-2H3. The Morgan fingerprint density at radius 1 is 0.622 bits per heavy atom. The Balaban J connectivity index is 1.16. The fraction of sp³-hybridized carbons (Fsp3) is 0.205. The summed E-state index contributed by atoms with van der Waals surface area (Å²) in [6.45, 7) is 2.99. The SMILES string of the molecule is COC(=O)CCCC(C)(c1ccc(OCc2ccc3ccccc3n2)cc1)c1ccc(OCc2ccc3ccccc3n2)cc1. The highest BCUT2D eigenvalue weighted by Gasteiger charge is 2.29. The van der Waals surface area contributed by atoms with Gasteiger partial charge in [0.15, 0.2) is 0 Å². The van der Waals surface area contributed by atoms with Gasteiger partial charge < -0.3 is 14.2 Å². The summed E-state index contributed by atoms with van der Waals surface area (Å²) < 4.78 is 17.1. The number of esters is 1. The van der Waals surface area contributed by atoms with E-state index >= 15 is 0 Å². The highest BCUT2D eigenvalue weighted by atomic mass is 16.5. The molecule has 6 nitrogen and oxygen atoms in total. The maximum atomic E-state index is 11.9. The molecule has 6 rings (SSSR count). The van der Waals surface area contributed by atoms with Crippen molar-refractivity contribution in [3.05, 3.63) is 144 Å². The molecule has 0 saturated heterocycles. The Labute approximate surface area is 263 Å². The molecule has 6 heteroatoms. The van der Waals surface area contributed by atoms with Gasteiger partial charge in [0.2, 0.25) is 0 Å². The zero-order chi connectivity index (χ0) is 31.1. The molecule has 0 aliphatic heterocycles. The van der Waals surface area contributed by atoms with E-state index in [1.807, 2.05) is 72.8 Å². The number of hydrogen-bond acceptors (Lipinski definition) is 6. The van der Waals surface area contributed by atoms with Crippen LogP contribution in [0.2, 0.25) is 0 Å². The Kier molecular flexibility index (Phi) is 9.01. The van der Waals surface area contributed by atoms with Gasteiger partial charge in [0, 0.05) is 22.6 Å². The van der Waals surface area contributed by atoms with Gasteiger partial charge in [-0.15, -0.1) is 0 Å². The summed E-state index contributed by atoms with van der Waals surface area (Å²) in [5.41, 5.74) is 5.60. The molecule has 226 valence electrons. The van der Waals surface area contributed by atoms with Gasteiger partial charge in [-0.2, -0.15) is 0 Å². The summed E-state index contributed by atoms with van der Waals surface area (Å²) >= 11 is 0. The number of methoxy groups -OCH3 is 1. The number of carbonyl (C=O) groups is 1. The summed E-state index contributed by atoms with van der Waals surface area (Å²) in [4.78, 5) is 21.3. The van der Waals surface area contributed by atoms with Gasteiger partial charge in [-0.05, 0) is 72.5 Å². The van der Waals surface area contributed by atoms with Gasteiger partial charge in [-0.3, -0.25) is 4.79 Å². The molecule has 6 aromatic rings. The minimum Gasteiger partial charge on any atom is -0.487 e. The Bertz CT molecular complexity index is 1780. The molecule has 0 N–H and O–H groups in total. The first kappa shape index (κ1) is 29.8. The first-order chi connectivity index (χ1) is 22.0. The summed E-state index contributed by atoms with van der Waals surface area (Å²) in [7, 11) is 1.43. The molecule has 45 heavy (non-hydrogen) atoms. The molecule has 0 bridgehead atoms. The molecule has 0 spiro atoms. The lowest BCUT2D eigenvalue weighted by Gasteiger charge is -2.31. The van der Waals surface area contributed by atoms with Crippen molar-refractivity contribution in [3.63, 3.8) is 0 Å². The molecular weight excluding hydrogens is 560 g/mol. The smallest absolute Gasteiger partial charge is 0.305 e. The first-order valence-electron chi connectivity index (χ1n) is 15.2. The van der Waals surface area contributed by atoms with Gasteiger partial charge in [0.1, 0.15) is 24.7 Å². The second-order valence-corrected chi connectivity index (χ2v) is 11.4. The first-order valence-corrected chi connectivity index (χ1v) is 15.2. The van der Waals surface area contributed by atoms with Crippen LogP contribution in [0.3, 0.4) is 0 Å². The third kappa shape index (κ3) is 7.13. The molecule has 0 saturated carbocycles. The van der Waals surface area contributed by atoms with Crippen LogP contribution in [0.1, 0.15) is 48.7 Å². The normalized spacial score (nSPS) is 11.4. The van der Waals surface area contributed by atoms with E-state index < -0.39 is 0 Å². The number of fused-ring (bicyclic) bond motifs is 2. The molecule has 0 unspecified atom stereocenters. The summed E-state index contributed by atoms with van der Waals surface area (Å²) in [5.74, 6) is 1.35. The van der Waals surface area contributed by atoms with E-state index in [0.717, 1.165) is 62.2 Å². The predicted molar refractivity (Wildman–Crippen MR) is 177 cm³/mol. The van der Waals surface area contributed by atoms with E-state index in [2.05, 4.69) is 55.5 Å². The number of carbonyl (C=O) groups excluding carboxylic acids is 1. The molecule has 0 aliphatic carbocycles. The van der Waals surface area contributed by atoms with Gasteiger partial charge in [-0.25, -0.2) is 9.97 Å². The van der Waals surface area contributed by atoms with Crippen molar-refractivity contribution < 1.29 is 19.0 Å². The number of benzene rings is 4. The zero-order valence-electron chi connectivity index (χ0n) is 25.6. The summed E-state index contributed by atoms with van der Waals surface area (Å²) in [5, 5.41) is 2.22. The molecule has 0 radical (unpaired) electrons.